The van der Waals surface area contributed by atoms with Crippen molar-refractivity contribution in [2.24, 2.45) is 12.8 Å². The molecule has 0 fully saturated rings. The van der Waals surface area contributed by atoms with Crippen molar-refractivity contribution in [3.8, 4) is 0 Å². The third-order valence-corrected chi connectivity index (χ3v) is 2.15. The molecule has 1 aromatic rings. The quantitative estimate of drug-likeness (QED) is 0.733. The summed E-state index contributed by atoms with van der Waals surface area (Å²) in [5.41, 5.74) is 5.67. The second kappa shape index (κ2) is 4.26. The molecule has 3 heteroatoms. The average Bonchev–Trinajstić information content (AvgIpc) is 2.47. The lowest BCUT2D eigenvalue weighted by atomic mass is 10.0. The van der Waals surface area contributed by atoms with E-state index in [2.05, 4.69) is 11.9 Å². The van der Waals surface area contributed by atoms with E-state index in [9.17, 15) is 0 Å². The smallest absolute Gasteiger partial charge is 0.112 e. The number of aromatic nitrogens is 2. The molecule has 0 aliphatic heterocycles. The number of nitrogens with zero attached hydrogens (tertiary/aromatic N) is 2. The van der Waals surface area contributed by atoms with Gasteiger partial charge in [0.2, 0.25) is 0 Å². The van der Waals surface area contributed by atoms with Crippen LogP contribution in [0.15, 0.2) is 12.4 Å². The van der Waals surface area contributed by atoms with E-state index in [-0.39, 0.29) is 0 Å². The van der Waals surface area contributed by atoms with Crippen LogP contribution in [0.4, 0.5) is 0 Å². The highest BCUT2D eigenvalue weighted by atomic mass is 15.0. The van der Waals surface area contributed by atoms with Crippen LogP contribution in [-0.2, 0) is 7.05 Å². The lowest BCUT2D eigenvalue weighted by Crippen LogP contribution is -2.16. The van der Waals surface area contributed by atoms with E-state index in [1.807, 2.05) is 24.0 Å². The highest BCUT2D eigenvalue weighted by molar-refractivity contribution is 5.00. The lowest BCUT2D eigenvalue weighted by molar-refractivity contribution is 0.568. The third kappa shape index (κ3) is 1.85. The molecule has 0 amide bonds. The van der Waals surface area contributed by atoms with Gasteiger partial charge in [-0.2, -0.15) is 0 Å². The van der Waals surface area contributed by atoms with Gasteiger partial charge in [0.05, 0.1) is 0 Å². The van der Waals surface area contributed by atoms with Crippen LogP contribution in [0.25, 0.3) is 0 Å². The second-order valence-corrected chi connectivity index (χ2v) is 3.12. The van der Waals surface area contributed by atoms with Gasteiger partial charge in [0.1, 0.15) is 5.82 Å². The fourth-order valence-corrected chi connectivity index (χ4v) is 1.47. The van der Waals surface area contributed by atoms with Gasteiger partial charge in [-0.3, -0.25) is 0 Å². The Morgan fingerprint density at radius 2 is 2.42 bits per heavy atom. The minimum absolute atomic E-state index is 0.426. The molecule has 0 radical (unpaired) electrons. The molecule has 0 saturated heterocycles. The number of imidazole rings is 1. The standard InChI is InChI=1S/C9H17N3/c1-3-4-8(7-10)9-11-5-6-12(9)2/h5-6,8H,3-4,7,10H2,1-2H3. The summed E-state index contributed by atoms with van der Waals surface area (Å²) in [7, 11) is 2.01. The van der Waals surface area contributed by atoms with Gasteiger partial charge >= 0.3 is 0 Å². The molecule has 0 aliphatic rings. The van der Waals surface area contributed by atoms with E-state index >= 15 is 0 Å². The summed E-state index contributed by atoms with van der Waals surface area (Å²) in [6.07, 6.45) is 6.08. The Bertz CT molecular complexity index is 229. The van der Waals surface area contributed by atoms with Crippen molar-refractivity contribution < 1.29 is 0 Å². The molecule has 68 valence electrons. The van der Waals surface area contributed by atoms with Crippen LogP contribution in [0.3, 0.4) is 0 Å². The summed E-state index contributed by atoms with van der Waals surface area (Å²) in [5.74, 6) is 1.54. The van der Waals surface area contributed by atoms with Gasteiger partial charge in [-0.05, 0) is 6.42 Å². The summed E-state index contributed by atoms with van der Waals surface area (Å²) in [5, 5.41) is 0. The van der Waals surface area contributed by atoms with E-state index in [1.165, 1.54) is 0 Å². The molecular formula is C9H17N3. The second-order valence-electron chi connectivity index (χ2n) is 3.12. The van der Waals surface area contributed by atoms with E-state index in [0.29, 0.717) is 12.5 Å². The van der Waals surface area contributed by atoms with Crippen LogP contribution in [0.1, 0.15) is 31.5 Å². The van der Waals surface area contributed by atoms with E-state index in [0.717, 1.165) is 18.7 Å². The fraction of sp³-hybridized carbons (Fsp3) is 0.667. The molecule has 2 N–H and O–H groups in total. The first-order valence-electron chi connectivity index (χ1n) is 4.46. The first-order chi connectivity index (χ1) is 5.79. The zero-order valence-electron chi connectivity index (χ0n) is 7.83. The number of rotatable bonds is 4. The number of hydrogen-bond acceptors (Lipinski definition) is 2. The van der Waals surface area contributed by atoms with Crippen molar-refractivity contribution in [2.75, 3.05) is 6.54 Å². The van der Waals surface area contributed by atoms with Crippen molar-refractivity contribution in [3.63, 3.8) is 0 Å². The Labute approximate surface area is 73.6 Å². The van der Waals surface area contributed by atoms with Crippen molar-refractivity contribution in [3.05, 3.63) is 18.2 Å². The maximum atomic E-state index is 5.67. The molecule has 1 rings (SSSR count). The molecule has 1 atom stereocenters. The molecule has 0 saturated carbocycles. The third-order valence-electron chi connectivity index (χ3n) is 2.15. The maximum absolute atomic E-state index is 5.67. The Kier molecular flexibility index (Phi) is 3.29. The van der Waals surface area contributed by atoms with Gasteiger partial charge in [-0.25, -0.2) is 4.98 Å². The minimum Gasteiger partial charge on any atom is -0.338 e. The summed E-state index contributed by atoms with van der Waals surface area (Å²) >= 11 is 0. The maximum Gasteiger partial charge on any atom is 0.112 e. The van der Waals surface area contributed by atoms with E-state index in [4.69, 9.17) is 5.73 Å². The summed E-state index contributed by atoms with van der Waals surface area (Å²) in [4.78, 5) is 4.29. The first kappa shape index (κ1) is 9.26. The highest BCUT2D eigenvalue weighted by Crippen LogP contribution is 2.16. The van der Waals surface area contributed by atoms with Crippen LogP contribution in [0.5, 0.6) is 0 Å². The fourth-order valence-electron chi connectivity index (χ4n) is 1.47. The summed E-state index contributed by atoms with van der Waals surface area (Å²) in [6, 6.07) is 0. The molecule has 0 aliphatic carbocycles. The Morgan fingerprint density at radius 3 is 2.83 bits per heavy atom. The van der Waals surface area contributed by atoms with Crippen LogP contribution in [-0.4, -0.2) is 16.1 Å². The van der Waals surface area contributed by atoms with Crippen molar-refractivity contribution in [1.29, 1.82) is 0 Å². The zero-order valence-corrected chi connectivity index (χ0v) is 7.83. The molecule has 0 spiro atoms. The minimum atomic E-state index is 0.426. The number of nitrogens with two attached hydrogens (primary N) is 1. The molecule has 1 unspecified atom stereocenters. The molecule has 0 bridgehead atoms. The van der Waals surface area contributed by atoms with Crippen LogP contribution in [0, 0.1) is 0 Å². The van der Waals surface area contributed by atoms with Crippen LogP contribution >= 0.6 is 0 Å². The SMILES string of the molecule is CCCC(CN)c1nccn1C. The van der Waals surface area contributed by atoms with Gasteiger partial charge in [-0.15, -0.1) is 0 Å². The van der Waals surface area contributed by atoms with Crippen LogP contribution in [0.2, 0.25) is 0 Å². The molecular weight excluding hydrogens is 150 g/mol. The summed E-state index contributed by atoms with van der Waals surface area (Å²) in [6.45, 7) is 2.87. The molecule has 1 heterocycles. The van der Waals surface area contributed by atoms with Crippen LogP contribution < -0.4 is 5.73 Å². The number of aryl methyl sites for hydroxylation is 1. The zero-order chi connectivity index (χ0) is 8.97. The Hall–Kier alpha value is -0.830. The van der Waals surface area contributed by atoms with Gasteiger partial charge < -0.3 is 10.3 Å². The van der Waals surface area contributed by atoms with Gasteiger partial charge in [-0.1, -0.05) is 13.3 Å². The Morgan fingerprint density at radius 1 is 1.67 bits per heavy atom. The van der Waals surface area contributed by atoms with Gasteiger partial charge in [0.25, 0.3) is 0 Å². The summed E-state index contributed by atoms with van der Waals surface area (Å²) < 4.78 is 2.05. The largest absolute Gasteiger partial charge is 0.338 e. The molecule has 3 nitrogen and oxygen atoms in total. The highest BCUT2D eigenvalue weighted by Gasteiger charge is 2.12. The average molecular weight is 167 g/mol. The first-order valence-corrected chi connectivity index (χ1v) is 4.46. The monoisotopic (exact) mass is 167 g/mol. The lowest BCUT2D eigenvalue weighted by Gasteiger charge is -2.12. The predicted molar refractivity (Wildman–Crippen MR) is 49.9 cm³/mol. The van der Waals surface area contributed by atoms with Crippen molar-refractivity contribution >= 4 is 0 Å². The molecule has 12 heavy (non-hydrogen) atoms. The predicted octanol–water partition coefficient (Wildman–Crippen LogP) is 1.26. The molecule has 1 aromatic heterocycles. The van der Waals surface area contributed by atoms with Gasteiger partial charge in [0.15, 0.2) is 0 Å². The topological polar surface area (TPSA) is 43.8 Å². The normalized spacial score (nSPS) is 13.2. The Balaban J connectivity index is 2.72. The van der Waals surface area contributed by atoms with Crippen molar-refractivity contribution in [1.82, 2.24) is 9.55 Å². The van der Waals surface area contributed by atoms with Crippen molar-refractivity contribution in [2.45, 2.75) is 25.7 Å². The number of hydrogen-bond donors (Lipinski definition) is 1. The van der Waals surface area contributed by atoms with E-state index in [1.54, 1.807) is 0 Å². The van der Waals surface area contributed by atoms with Gasteiger partial charge in [0, 0.05) is 31.9 Å². The van der Waals surface area contributed by atoms with E-state index < -0.39 is 0 Å². The molecule has 0 aromatic carbocycles.